The number of aryl methyl sites for hydroxylation is 1. The molecule has 0 aliphatic heterocycles. The summed E-state index contributed by atoms with van der Waals surface area (Å²) in [5.74, 6) is -0.153. The van der Waals surface area contributed by atoms with Gasteiger partial charge >= 0.3 is 0 Å². The number of aromatic hydroxyl groups is 1. The van der Waals surface area contributed by atoms with E-state index in [0.29, 0.717) is 16.1 Å². The molecule has 0 saturated carbocycles. The highest BCUT2D eigenvalue weighted by molar-refractivity contribution is 9.10. The Balaban J connectivity index is 2.00. The van der Waals surface area contributed by atoms with Crippen LogP contribution in [0.1, 0.15) is 11.3 Å². The molecule has 0 spiro atoms. The van der Waals surface area contributed by atoms with Crippen LogP contribution >= 0.6 is 27.3 Å². The zero-order valence-electron chi connectivity index (χ0n) is 12.6. The van der Waals surface area contributed by atoms with E-state index in [4.69, 9.17) is 0 Å². The second-order valence-electron chi connectivity index (χ2n) is 5.01. The SMILES string of the molecule is Cc1csc(=Nc2ccc(F)cc2)n1N=Cc1cc(Br)ccc1O. The number of halogens is 2. The molecule has 0 aliphatic rings. The Morgan fingerprint density at radius 1 is 1.21 bits per heavy atom. The highest BCUT2D eigenvalue weighted by Crippen LogP contribution is 2.20. The topological polar surface area (TPSA) is 49.9 Å². The molecular weight excluding hydrogens is 393 g/mol. The summed E-state index contributed by atoms with van der Waals surface area (Å²) in [5, 5.41) is 16.2. The van der Waals surface area contributed by atoms with E-state index in [9.17, 15) is 9.50 Å². The molecule has 3 aromatic rings. The summed E-state index contributed by atoms with van der Waals surface area (Å²) in [7, 11) is 0. The first kappa shape index (κ1) is 16.6. The van der Waals surface area contributed by atoms with Crippen molar-refractivity contribution >= 4 is 39.2 Å². The molecule has 0 atom stereocenters. The molecule has 7 heteroatoms. The van der Waals surface area contributed by atoms with Gasteiger partial charge in [0, 0.05) is 15.4 Å². The molecule has 0 saturated heterocycles. The molecule has 1 aromatic heterocycles. The predicted molar refractivity (Wildman–Crippen MR) is 97.5 cm³/mol. The van der Waals surface area contributed by atoms with Gasteiger partial charge in [0.15, 0.2) is 0 Å². The first-order chi connectivity index (χ1) is 11.5. The lowest BCUT2D eigenvalue weighted by Crippen LogP contribution is -2.11. The lowest BCUT2D eigenvalue weighted by Gasteiger charge is -2.01. The first-order valence-electron chi connectivity index (χ1n) is 7.03. The summed E-state index contributed by atoms with van der Waals surface area (Å²) in [5.41, 5.74) is 2.15. The third kappa shape index (κ3) is 3.80. The molecule has 4 nitrogen and oxygen atoms in total. The van der Waals surface area contributed by atoms with Gasteiger partial charge in [-0.15, -0.1) is 11.3 Å². The number of phenolic OH excluding ortho intramolecular Hbond substituents is 1. The molecule has 24 heavy (non-hydrogen) atoms. The molecule has 3 rings (SSSR count). The lowest BCUT2D eigenvalue weighted by molar-refractivity contribution is 0.474. The fraction of sp³-hybridized carbons (Fsp3) is 0.0588. The summed E-state index contributed by atoms with van der Waals surface area (Å²) in [6.07, 6.45) is 1.57. The molecule has 1 heterocycles. The Hall–Kier alpha value is -2.25. The molecule has 1 N–H and O–H groups in total. The monoisotopic (exact) mass is 405 g/mol. The third-order valence-corrected chi connectivity index (χ3v) is 4.63. The largest absolute Gasteiger partial charge is 0.507 e. The van der Waals surface area contributed by atoms with Gasteiger partial charge < -0.3 is 5.11 Å². The minimum Gasteiger partial charge on any atom is -0.507 e. The van der Waals surface area contributed by atoms with Crippen molar-refractivity contribution in [1.29, 1.82) is 0 Å². The van der Waals surface area contributed by atoms with Gasteiger partial charge in [0.25, 0.3) is 0 Å². The predicted octanol–water partition coefficient (Wildman–Crippen LogP) is 4.58. The summed E-state index contributed by atoms with van der Waals surface area (Å²) in [6.45, 7) is 1.91. The molecule has 0 fully saturated rings. The van der Waals surface area contributed by atoms with Crippen molar-refractivity contribution in [3.63, 3.8) is 0 Å². The molecule has 0 amide bonds. The van der Waals surface area contributed by atoms with Crippen LogP contribution in [-0.4, -0.2) is 16.0 Å². The fourth-order valence-corrected chi connectivity index (χ4v) is 3.18. The number of aromatic nitrogens is 1. The van der Waals surface area contributed by atoms with Crippen LogP contribution in [0.4, 0.5) is 10.1 Å². The Labute approximate surface area is 150 Å². The van der Waals surface area contributed by atoms with Crippen LogP contribution in [0.5, 0.6) is 5.75 Å². The number of hydrogen-bond donors (Lipinski definition) is 1. The van der Waals surface area contributed by atoms with Gasteiger partial charge in [-0.05, 0) is 49.4 Å². The average molecular weight is 406 g/mol. The fourth-order valence-electron chi connectivity index (χ4n) is 1.98. The second kappa shape index (κ2) is 7.11. The van der Waals surface area contributed by atoms with E-state index in [1.165, 1.54) is 23.5 Å². The highest BCUT2D eigenvalue weighted by Gasteiger charge is 2.02. The lowest BCUT2D eigenvalue weighted by atomic mass is 10.2. The number of phenols is 1. The van der Waals surface area contributed by atoms with Crippen LogP contribution < -0.4 is 4.80 Å². The Bertz CT molecular complexity index is 961. The van der Waals surface area contributed by atoms with Crippen molar-refractivity contribution in [2.24, 2.45) is 10.1 Å². The summed E-state index contributed by atoms with van der Waals surface area (Å²) < 4.78 is 15.5. The minimum atomic E-state index is -0.299. The highest BCUT2D eigenvalue weighted by atomic mass is 79.9. The molecule has 0 bridgehead atoms. The normalized spacial score (nSPS) is 12.2. The summed E-state index contributed by atoms with van der Waals surface area (Å²) in [6, 6.07) is 11.1. The molecule has 0 aliphatic carbocycles. The maximum atomic E-state index is 13.0. The molecule has 0 unspecified atom stereocenters. The van der Waals surface area contributed by atoms with Crippen LogP contribution in [0.2, 0.25) is 0 Å². The zero-order chi connectivity index (χ0) is 17.1. The van der Waals surface area contributed by atoms with E-state index in [1.807, 2.05) is 12.3 Å². The van der Waals surface area contributed by atoms with Gasteiger partial charge in [-0.1, -0.05) is 15.9 Å². The maximum absolute atomic E-state index is 13.0. The summed E-state index contributed by atoms with van der Waals surface area (Å²) >= 11 is 4.80. The summed E-state index contributed by atoms with van der Waals surface area (Å²) in [4.78, 5) is 5.14. The number of nitrogens with zero attached hydrogens (tertiary/aromatic N) is 3. The van der Waals surface area contributed by atoms with E-state index in [0.717, 1.165) is 10.2 Å². The van der Waals surface area contributed by atoms with Crippen molar-refractivity contribution < 1.29 is 9.50 Å². The Morgan fingerprint density at radius 3 is 2.71 bits per heavy atom. The number of rotatable bonds is 3. The van der Waals surface area contributed by atoms with Crippen molar-refractivity contribution in [3.8, 4) is 5.75 Å². The van der Waals surface area contributed by atoms with Gasteiger partial charge in [-0.25, -0.2) is 14.1 Å². The van der Waals surface area contributed by atoms with Crippen LogP contribution in [-0.2, 0) is 0 Å². The van der Waals surface area contributed by atoms with Crippen LogP contribution in [0.15, 0.2) is 62.4 Å². The first-order valence-corrected chi connectivity index (χ1v) is 8.70. The quantitative estimate of drug-likeness (QED) is 0.636. The van der Waals surface area contributed by atoms with E-state index in [1.54, 1.807) is 41.2 Å². The van der Waals surface area contributed by atoms with Crippen LogP contribution in [0.25, 0.3) is 0 Å². The van der Waals surface area contributed by atoms with Crippen molar-refractivity contribution in [2.45, 2.75) is 6.92 Å². The van der Waals surface area contributed by atoms with Gasteiger partial charge in [-0.2, -0.15) is 5.10 Å². The smallest absolute Gasteiger partial charge is 0.211 e. The van der Waals surface area contributed by atoms with Crippen molar-refractivity contribution in [2.75, 3.05) is 0 Å². The number of thiazole rings is 1. The third-order valence-electron chi connectivity index (χ3n) is 3.20. The number of benzene rings is 2. The molecule has 2 aromatic carbocycles. The Kier molecular flexibility index (Phi) is 4.92. The van der Waals surface area contributed by atoms with Crippen LogP contribution in [0.3, 0.4) is 0 Å². The molecular formula is C17H13BrFN3OS. The van der Waals surface area contributed by atoms with Gasteiger partial charge in [0.05, 0.1) is 17.6 Å². The van der Waals surface area contributed by atoms with Gasteiger partial charge in [-0.3, -0.25) is 0 Å². The molecule has 0 radical (unpaired) electrons. The van der Waals surface area contributed by atoms with E-state index in [-0.39, 0.29) is 11.6 Å². The van der Waals surface area contributed by atoms with E-state index < -0.39 is 0 Å². The van der Waals surface area contributed by atoms with E-state index >= 15 is 0 Å². The zero-order valence-corrected chi connectivity index (χ0v) is 15.1. The van der Waals surface area contributed by atoms with Gasteiger partial charge in [0.2, 0.25) is 4.80 Å². The molecule has 122 valence electrons. The number of hydrogen-bond acceptors (Lipinski definition) is 4. The van der Waals surface area contributed by atoms with Gasteiger partial charge in [0.1, 0.15) is 11.6 Å². The average Bonchev–Trinajstić information content (AvgIpc) is 2.90. The van der Waals surface area contributed by atoms with Crippen molar-refractivity contribution in [1.82, 2.24) is 4.68 Å². The van der Waals surface area contributed by atoms with Crippen LogP contribution in [0, 0.1) is 12.7 Å². The van der Waals surface area contributed by atoms with E-state index in [2.05, 4.69) is 26.0 Å². The Morgan fingerprint density at radius 2 is 1.96 bits per heavy atom. The maximum Gasteiger partial charge on any atom is 0.211 e. The van der Waals surface area contributed by atoms with Crippen molar-refractivity contribution in [3.05, 3.63) is 74.2 Å². The second-order valence-corrected chi connectivity index (χ2v) is 6.76. The minimum absolute atomic E-state index is 0.146. The standard InChI is InChI=1S/C17H13BrFN3OS/c1-11-10-24-17(21-15-5-3-14(19)4-6-15)22(11)20-9-12-8-13(18)2-7-16(12)23/h2-10,23H,1H3.